The van der Waals surface area contributed by atoms with Gasteiger partial charge in [-0.2, -0.15) is 0 Å². The molecule has 2 N–H and O–H groups in total. The third kappa shape index (κ3) is 11.5. The van der Waals surface area contributed by atoms with Crippen LogP contribution in [0.4, 0.5) is 4.79 Å². The fourth-order valence-electron chi connectivity index (χ4n) is 2.12. The zero-order chi connectivity index (χ0) is 20.8. The maximum atomic E-state index is 11.4. The highest BCUT2D eigenvalue weighted by Gasteiger charge is 2.15. The van der Waals surface area contributed by atoms with Crippen LogP contribution in [0.25, 0.3) is 0 Å². The van der Waals surface area contributed by atoms with Gasteiger partial charge in [-0.1, -0.05) is 12.1 Å². The Morgan fingerprint density at radius 3 is 2.11 bits per heavy atom. The van der Waals surface area contributed by atoms with Crippen molar-refractivity contribution in [3.05, 3.63) is 35.4 Å². The van der Waals surface area contributed by atoms with E-state index >= 15 is 0 Å². The van der Waals surface area contributed by atoms with Crippen molar-refractivity contribution in [2.24, 2.45) is 0 Å². The van der Waals surface area contributed by atoms with Gasteiger partial charge >= 0.3 is 12.1 Å². The maximum Gasteiger partial charge on any atom is 0.407 e. The first kappa shape index (κ1) is 23.9. The summed E-state index contributed by atoms with van der Waals surface area (Å²) in [6.07, 6.45) is -0.446. The van der Waals surface area contributed by atoms with Crippen molar-refractivity contribution < 1.29 is 28.5 Å². The first-order chi connectivity index (χ1) is 13.3. The van der Waals surface area contributed by atoms with Gasteiger partial charge in [0.15, 0.2) is 0 Å². The number of amides is 1. The van der Waals surface area contributed by atoms with Crippen LogP contribution in [0.3, 0.4) is 0 Å². The monoisotopic (exact) mass is 396 g/mol. The van der Waals surface area contributed by atoms with Crippen molar-refractivity contribution in [1.82, 2.24) is 10.6 Å². The van der Waals surface area contributed by atoms with Gasteiger partial charge in [-0.25, -0.2) is 9.59 Å². The summed E-state index contributed by atoms with van der Waals surface area (Å²) in [5.41, 5.74) is 1.11. The number of carbonyl (C=O) groups is 2. The van der Waals surface area contributed by atoms with E-state index < -0.39 is 11.7 Å². The predicted octanol–water partition coefficient (Wildman–Crippen LogP) is 2.12. The van der Waals surface area contributed by atoms with Crippen molar-refractivity contribution in [3.63, 3.8) is 0 Å². The molecular formula is C20H32N2O6. The Hall–Kier alpha value is -2.16. The number of hydrogen-bond donors (Lipinski definition) is 2. The van der Waals surface area contributed by atoms with Gasteiger partial charge < -0.3 is 29.6 Å². The van der Waals surface area contributed by atoms with Crippen LogP contribution in [0.15, 0.2) is 24.3 Å². The van der Waals surface area contributed by atoms with Crippen molar-refractivity contribution in [2.45, 2.75) is 32.9 Å². The normalized spacial score (nSPS) is 11.1. The molecule has 8 nitrogen and oxygen atoms in total. The van der Waals surface area contributed by atoms with Crippen LogP contribution in [-0.4, -0.2) is 64.3 Å². The van der Waals surface area contributed by atoms with E-state index in [4.69, 9.17) is 14.2 Å². The molecule has 0 heterocycles. The minimum atomic E-state index is -0.501. The number of esters is 1. The van der Waals surface area contributed by atoms with Crippen molar-refractivity contribution >= 4 is 12.1 Å². The Balaban J connectivity index is 1.94. The Kier molecular flexibility index (Phi) is 11.2. The zero-order valence-electron chi connectivity index (χ0n) is 17.2. The second-order valence-electron chi connectivity index (χ2n) is 7.02. The number of benzene rings is 1. The summed E-state index contributed by atoms with van der Waals surface area (Å²) >= 11 is 0. The SMILES string of the molecule is COC(=O)c1ccc(CNCCOCCOCCNC(=O)OC(C)(C)C)cc1. The lowest BCUT2D eigenvalue weighted by molar-refractivity contribution is 0.0403. The molecule has 158 valence electrons. The lowest BCUT2D eigenvalue weighted by atomic mass is 10.1. The standard InChI is InChI=1S/C20H32N2O6/c1-20(2,3)28-19(24)22-10-12-27-14-13-26-11-9-21-15-16-5-7-17(8-6-16)18(23)25-4/h5-8,21H,9-15H2,1-4H3,(H,22,24). The van der Waals surface area contributed by atoms with Crippen LogP contribution in [0, 0.1) is 0 Å². The fourth-order valence-corrected chi connectivity index (χ4v) is 2.12. The molecule has 28 heavy (non-hydrogen) atoms. The van der Waals surface area contributed by atoms with Crippen LogP contribution in [0.5, 0.6) is 0 Å². The molecule has 0 unspecified atom stereocenters. The van der Waals surface area contributed by atoms with Gasteiger partial charge in [-0.15, -0.1) is 0 Å². The number of hydrogen-bond acceptors (Lipinski definition) is 7. The fraction of sp³-hybridized carbons (Fsp3) is 0.600. The quantitative estimate of drug-likeness (QED) is 0.413. The molecule has 1 aromatic carbocycles. The highest BCUT2D eigenvalue weighted by molar-refractivity contribution is 5.89. The summed E-state index contributed by atoms with van der Waals surface area (Å²) in [7, 11) is 1.36. The molecule has 8 heteroatoms. The van der Waals surface area contributed by atoms with Gasteiger partial charge in [0.05, 0.1) is 39.1 Å². The maximum absolute atomic E-state index is 11.4. The number of carbonyl (C=O) groups excluding carboxylic acids is 2. The van der Waals surface area contributed by atoms with E-state index in [9.17, 15) is 9.59 Å². The van der Waals surface area contributed by atoms with Gasteiger partial charge in [-0.3, -0.25) is 0 Å². The first-order valence-corrected chi connectivity index (χ1v) is 9.32. The summed E-state index contributed by atoms with van der Waals surface area (Å²) < 4.78 is 20.6. The lowest BCUT2D eigenvalue weighted by Gasteiger charge is -2.19. The van der Waals surface area contributed by atoms with Crippen molar-refractivity contribution in [1.29, 1.82) is 0 Å². The third-order valence-corrected chi connectivity index (χ3v) is 3.41. The second-order valence-corrected chi connectivity index (χ2v) is 7.02. The van der Waals surface area contributed by atoms with E-state index in [-0.39, 0.29) is 5.97 Å². The summed E-state index contributed by atoms with van der Waals surface area (Å²) in [4.78, 5) is 22.8. The van der Waals surface area contributed by atoms with Crippen LogP contribution in [-0.2, 0) is 25.5 Å². The molecular weight excluding hydrogens is 364 g/mol. The number of methoxy groups -OCH3 is 1. The first-order valence-electron chi connectivity index (χ1n) is 9.32. The molecule has 0 radical (unpaired) electrons. The van der Waals surface area contributed by atoms with E-state index in [1.54, 1.807) is 12.1 Å². The van der Waals surface area contributed by atoms with Crippen LogP contribution in [0.1, 0.15) is 36.7 Å². The minimum Gasteiger partial charge on any atom is -0.465 e. The molecule has 0 aromatic heterocycles. The lowest BCUT2D eigenvalue weighted by Crippen LogP contribution is -2.34. The average Bonchev–Trinajstić information content (AvgIpc) is 2.64. The molecule has 0 fully saturated rings. The summed E-state index contributed by atoms with van der Waals surface area (Å²) in [6, 6.07) is 7.27. The molecule has 0 saturated carbocycles. The van der Waals surface area contributed by atoms with E-state index in [1.165, 1.54) is 7.11 Å². The van der Waals surface area contributed by atoms with Crippen molar-refractivity contribution in [3.8, 4) is 0 Å². The number of ether oxygens (including phenoxy) is 4. The molecule has 0 aliphatic rings. The highest BCUT2D eigenvalue weighted by atomic mass is 16.6. The van der Waals surface area contributed by atoms with Gasteiger partial charge in [0.2, 0.25) is 0 Å². The molecule has 0 spiro atoms. The Morgan fingerprint density at radius 2 is 1.54 bits per heavy atom. The smallest absolute Gasteiger partial charge is 0.407 e. The van der Waals surface area contributed by atoms with Crippen LogP contribution in [0.2, 0.25) is 0 Å². The van der Waals surface area contributed by atoms with Crippen LogP contribution >= 0.6 is 0 Å². The molecule has 0 aliphatic heterocycles. The van der Waals surface area contributed by atoms with Gasteiger partial charge in [-0.05, 0) is 38.5 Å². The van der Waals surface area contributed by atoms with E-state index in [2.05, 4.69) is 15.4 Å². The Morgan fingerprint density at radius 1 is 0.929 bits per heavy atom. The molecule has 1 aromatic rings. The largest absolute Gasteiger partial charge is 0.465 e. The molecule has 1 amide bonds. The molecule has 0 saturated heterocycles. The Labute approximate surface area is 166 Å². The van der Waals surface area contributed by atoms with E-state index in [0.29, 0.717) is 51.6 Å². The number of rotatable bonds is 12. The Bertz CT molecular complexity index is 583. The minimum absolute atomic E-state index is 0.337. The average molecular weight is 396 g/mol. The van der Waals surface area contributed by atoms with Crippen LogP contribution < -0.4 is 10.6 Å². The summed E-state index contributed by atoms with van der Waals surface area (Å²) in [6.45, 7) is 9.17. The summed E-state index contributed by atoms with van der Waals surface area (Å²) in [5, 5.41) is 5.89. The highest BCUT2D eigenvalue weighted by Crippen LogP contribution is 2.06. The summed E-state index contributed by atoms with van der Waals surface area (Å²) in [5.74, 6) is -0.337. The predicted molar refractivity (Wildman–Crippen MR) is 105 cm³/mol. The second kappa shape index (κ2) is 13.1. The number of nitrogens with one attached hydrogen (secondary N) is 2. The topological polar surface area (TPSA) is 95.1 Å². The van der Waals surface area contributed by atoms with E-state index in [1.807, 2.05) is 32.9 Å². The molecule has 1 rings (SSSR count). The van der Waals surface area contributed by atoms with Gasteiger partial charge in [0.1, 0.15) is 5.60 Å². The zero-order valence-corrected chi connectivity index (χ0v) is 17.2. The molecule has 0 atom stereocenters. The molecule has 0 aliphatic carbocycles. The van der Waals surface area contributed by atoms with Gasteiger partial charge in [0, 0.05) is 19.6 Å². The third-order valence-electron chi connectivity index (χ3n) is 3.41. The van der Waals surface area contributed by atoms with E-state index in [0.717, 1.165) is 5.56 Å². The van der Waals surface area contributed by atoms with Gasteiger partial charge in [0.25, 0.3) is 0 Å². The molecule has 0 bridgehead atoms. The van der Waals surface area contributed by atoms with Crippen molar-refractivity contribution in [2.75, 3.05) is 46.6 Å². The number of alkyl carbamates (subject to hydrolysis) is 1.